The number of carbonyl (C=O) groups excluding carboxylic acids is 2. The molecule has 772 valence electrons. The van der Waals surface area contributed by atoms with Gasteiger partial charge < -0.3 is 59.6 Å². The smallest absolute Gasteiger partial charge is 0.417 e. The van der Waals surface area contributed by atoms with Crippen LogP contribution in [0.15, 0.2) is 129 Å². The number of anilines is 3. The molecule has 0 aliphatic carbocycles. The number of alkyl carbamates (subject to hydrolysis) is 2. The molecule has 4 aliphatic heterocycles. The van der Waals surface area contributed by atoms with E-state index in [1.807, 2.05) is 65.5 Å². The van der Waals surface area contributed by atoms with E-state index in [0.717, 1.165) is 68.2 Å². The molecule has 4 aliphatic rings. The van der Waals surface area contributed by atoms with E-state index in [0.29, 0.717) is 155 Å². The van der Waals surface area contributed by atoms with Crippen LogP contribution in [-0.4, -0.2) is 169 Å². The quantitative estimate of drug-likeness (QED) is 0.0122. The number of carbonyl (C=O) groups is 2. The molecular weight excluding hydrogens is 2060 g/mol. The van der Waals surface area contributed by atoms with Crippen LogP contribution >= 0.6 is 45.0 Å². The molecular formula is C96H120Cl2F9IN20O12S2. The van der Waals surface area contributed by atoms with Crippen molar-refractivity contribution in [2.45, 2.75) is 235 Å². The number of nitrogens with one attached hydrogen (secondary N) is 7. The Morgan fingerprint density at radius 3 is 1.33 bits per heavy atom. The number of imidazole rings is 2. The lowest BCUT2D eigenvalue weighted by Gasteiger charge is -2.23. The third-order valence-corrected chi connectivity index (χ3v) is 25.1. The maximum absolute atomic E-state index is 13.5. The largest absolute Gasteiger partial charge is 0.493 e. The Balaban J connectivity index is 0.000000312. The Morgan fingerprint density at radius 1 is 0.549 bits per heavy atom. The van der Waals surface area contributed by atoms with Crippen molar-refractivity contribution in [1.82, 2.24) is 64.7 Å². The lowest BCUT2D eigenvalue weighted by Crippen LogP contribution is -2.40. The van der Waals surface area contributed by atoms with Gasteiger partial charge in [0.25, 0.3) is 20.2 Å². The number of benzene rings is 6. The number of nitrogens with zero attached hydrogens (tertiary/aromatic N) is 13. The second-order valence-corrected chi connectivity index (χ2v) is 39.8. The van der Waals surface area contributed by atoms with Gasteiger partial charge in [-0.1, -0.05) is 49.6 Å². The van der Waals surface area contributed by atoms with Gasteiger partial charge in [0.1, 0.15) is 34.3 Å². The normalized spacial score (nSPS) is 15.6. The average molecular weight is 2180 g/mol. The summed E-state index contributed by atoms with van der Waals surface area (Å²) < 4.78 is 193. The third kappa shape index (κ3) is 32.8. The molecule has 4 fully saturated rings. The Labute approximate surface area is 844 Å². The molecule has 7 N–H and O–H groups in total. The van der Waals surface area contributed by atoms with Crippen LogP contribution in [0.25, 0.3) is 38.7 Å². The fraction of sp³-hybridized carbons (Fsp3) is 0.458. The molecule has 2 amide bonds. The van der Waals surface area contributed by atoms with Crippen LogP contribution in [0, 0.1) is 64.9 Å². The Kier molecular flexibility index (Phi) is 43.9. The summed E-state index contributed by atoms with van der Waals surface area (Å²) in [5.41, 5.74) is 0.318. The molecule has 4 atom stereocenters. The van der Waals surface area contributed by atoms with Gasteiger partial charge >= 0.3 is 30.7 Å². The van der Waals surface area contributed by atoms with Crippen LogP contribution in [0.3, 0.4) is 0 Å². The van der Waals surface area contributed by atoms with E-state index in [1.165, 1.54) is 77.3 Å². The molecule has 142 heavy (non-hydrogen) atoms. The number of H-pyrrole nitrogens is 2. The summed E-state index contributed by atoms with van der Waals surface area (Å²) >= 11 is 7.28. The molecule has 46 heteroatoms. The van der Waals surface area contributed by atoms with Gasteiger partial charge in [0.15, 0.2) is 28.4 Å². The number of nitriles is 3. The van der Waals surface area contributed by atoms with Gasteiger partial charge in [-0.2, -0.15) is 55.3 Å². The highest BCUT2D eigenvalue weighted by molar-refractivity contribution is 14.1. The number of hydrogen-bond acceptors (Lipinski definition) is 24. The van der Waals surface area contributed by atoms with Gasteiger partial charge in [0, 0.05) is 108 Å². The number of sulfonamides is 1. The van der Waals surface area contributed by atoms with Crippen LogP contribution in [0.4, 0.5) is 71.9 Å². The van der Waals surface area contributed by atoms with Gasteiger partial charge in [-0.15, -0.1) is 10.2 Å². The highest BCUT2D eigenvalue weighted by atomic mass is 127. The summed E-state index contributed by atoms with van der Waals surface area (Å²) in [6.45, 7) is 37.0. The summed E-state index contributed by atoms with van der Waals surface area (Å²) in [6.07, 6.45) is -8.47. The summed E-state index contributed by atoms with van der Waals surface area (Å²) in [5, 5.41) is 43.9. The zero-order chi connectivity index (χ0) is 102. The van der Waals surface area contributed by atoms with Crippen molar-refractivity contribution >= 4 is 110 Å². The first-order chi connectivity index (χ1) is 64.8. The van der Waals surface area contributed by atoms with E-state index in [9.17, 15) is 75.5 Å². The highest BCUT2D eigenvalue weighted by Gasteiger charge is 2.39. The van der Waals surface area contributed by atoms with E-state index >= 15 is 0 Å². The number of hydrogen-bond donors (Lipinski definition) is 7. The first kappa shape index (κ1) is 120. The SMILES string of the molecule is C.C.C.C.CC(C)(C)OC(=O)NC1CCN(c2ccc(C#N)c(C(F)(F)F)c2)C1.CC(C)(C)OC(=O)NC1CCNC1.CCCc1nc(C)c2c(=O)[nH]c(-c3cc(S(=O)(=O)Cl)ccc3OCC)nn12.N#Cc1ccc(I)cc1C(F)(F)F.N#Cc1ccc(N2CCC(NCl)C2)cc1C(F)(F)F.[C-]#[N+]c1ccc(N2CCC(NS(=O)(=O)c3ccc(OCC)c(-c4nn5c(CCC)nc(C)c5c(=O)[nH]4)c3)C2)cc1C. The number of alkyl halides is 9. The Hall–Kier alpha value is -12.0. The molecule has 4 unspecified atom stereocenters. The van der Waals surface area contributed by atoms with Crippen molar-refractivity contribution in [3.8, 4) is 52.5 Å². The molecule has 4 aromatic heterocycles. The molecule has 0 saturated carbocycles. The molecule has 4 saturated heterocycles. The monoisotopic (exact) mass is 2180 g/mol. The number of amides is 2. The fourth-order valence-corrected chi connectivity index (χ4v) is 17.7. The summed E-state index contributed by atoms with van der Waals surface area (Å²) in [7, 11) is -2.39. The van der Waals surface area contributed by atoms with Crippen LogP contribution in [-0.2, 0) is 59.9 Å². The summed E-state index contributed by atoms with van der Waals surface area (Å²) in [4.78, 5) is 74.9. The van der Waals surface area contributed by atoms with Crippen molar-refractivity contribution in [2.75, 3.05) is 80.3 Å². The fourth-order valence-electron chi connectivity index (χ4n) is 15.0. The molecule has 10 aromatic rings. The van der Waals surface area contributed by atoms with E-state index in [4.69, 9.17) is 63.8 Å². The molecule has 8 heterocycles. The lowest BCUT2D eigenvalue weighted by atomic mass is 10.1. The predicted octanol–water partition coefficient (Wildman–Crippen LogP) is 20.0. The minimum Gasteiger partial charge on any atom is -0.493 e. The van der Waals surface area contributed by atoms with Crippen molar-refractivity contribution in [2.24, 2.45) is 0 Å². The Bertz CT molecular complexity index is 6600. The van der Waals surface area contributed by atoms with Crippen molar-refractivity contribution in [3.05, 3.63) is 207 Å². The average Bonchev–Trinajstić information content (AvgIpc) is 1.60. The molecule has 32 nitrogen and oxygen atoms in total. The number of aromatic amines is 2. The number of halogens is 12. The van der Waals surface area contributed by atoms with Gasteiger partial charge in [-0.05, 0) is 264 Å². The lowest BCUT2D eigenvalue weighted by molar-refractivity contribution is -0.138. The molecule has 0 spiro atoms. The first-order valence-electron chi connectivity index (χ1n) is 43.5. The second-order valence-electron chi connectivity index (χ2n) is 34.0. The number of aryl methyl sites for hydroxylation is 5. The summed E-state index contributed by atoms with van der Waals surface area (Å²) in [6, 6.07) is 29.8. The minimum absolute atomic E-state index is 0. The van der Waals surface area contributed by atoms with E-state index < -0.39 is 77.2 Å². The standard InChI is InChI=1S/C29H33N7O4S.C17H19ClN4O4S.C17H20F3N3O2.C12H11ClF3N3.C9H18N2O2.C8H3F3IN.4CH4/c1-6-8-26-31-19(4)27-29(37)32-28(33-36(26)27)23-16-22(10-12-25(23)40-7-2)41(38,39)34-20-13-14-35(17-20)21-9-11-24(30-5)18(3)15-21;1-4-6-14-19-10(3)15-17(23)20-16(21-22(14)15)12-9-11(27(18,24)25)7-8-13(12)26-5-2;1-16(2,3)25-15(24)22-12-6-7-23(10-12)13-5-4-11(9-21)14(8-13)17(18,19)20;13-18-9-3-4-19(7-9)10-2-1-8(6-17)11(5-10)12(14,15)16;1-9(2,3)13-8(12)11-7-4-5-10-6-7;9-8(10,11)7-3-6(12)2-1-5(7)4-13;;;;/h9-12,15-16,20,34H,6-8,13-14,17H2,1-4H3,(H,32,33,37);7-9H,4-6H2,1-3H3,(H,20,21,23);4-5,8,12H,6-7,10H2,1-3H3,(H,22,24);1-2,5,9,18H,3-4,7H2;7,10H,4-6H2,1-3H3,(H,11,12);1-3H;4*1H4. The van der Waals surface area contributed by atoms with Crippen LogP contribution in [0.5, 0.6) is 11.5 Å². The zero-order valence-corrected chi connectivity index (χ0v) is 82.8. The van der Waals surface area contributed by atoms with Gasteiger partial charge in [-0.25, -0.2) is 59.8 Å². The maximum atomic E-state index is 13.5. The number of ether oxygens (including phenoxy) is 4. The highest BCUT2D eigenvalue weighted by Crippen LogP contribution is 2.40. The minimum atomic E-state index is -4.59. The van der Waals surface area contributed by atoms with Crippen molar-refractivity contribution in [1.29, 1.82) is 15.8 Å². The first-order valence-corrected chi connectivity index (χ1v) is 48.8. The molecule has 6 aromatic carbocycles. The molecule has 0 bridgehead atoms. The van der Waals surface area contributed by atoms with Crippen molar-refractivity contribution < 1.29 is 84.9 Å². The van der Waals surface area contributed by atoms with E-state index in [2.05, 4.69) is 65.4 Å². The number of rotatable bonds is 20. The van der Waals surface area contributed by atoms with Gasteiger partial charge in [-0.3, -0.25) is 9.59 Å². The summed E-state index contributed by atoms with van der Waals surface area (Å²) in [5.74, 6) is 2.50. The van der Waals surface area contributed by atoms with Crippen molar-refractivity contribution in [3.63, 3.8) is 0 Å². The van der Waals surface area contributed by atoms with E-state index in [1.54, 1.807) is 97.8 Å². The maximum Gasteiger partial charge on any atom is 0.417 e. The molecule has 14 rings (SSSR count). The number of fused-ring (bicyclic) bond motifs is 2. The van der Waals surface area contributed by atoms with Crippen LogP contribution in [0.1, 0.15) is 199 Å². The predicted molar refractivity (Wildman–Crippen MR) is 538 cm³/mol. The Morgan fingerprint density at radius 2 is 0.944 bits per heavy atom. The van der Waals surface area contributed by atoms with Crippen LogP contribution in [0.2, 0.25) is 0 Å². The van der Waals surface area contributed by atoms with E-state index in [-0.39, 0.29) is 104 Å². The third-order valence-electron chi connectivity index (χ3n) is 21.2. The van der Waals surface area contributed by atoms with Gasteiger partial charge in [0.2, 0.25) is 10.0 Å². The zero-order valence-electron chi connectivity index (χ0n) is 77.5. The second kappa shape index (κ2) is 51.8. The molecule has 0 radical (unpaired) electrons. The topological polar surface area (TPSA) is 411 Å². The van der Waals surface area contributed by atoms with Crippen LogP contribution < -0.4 is 60.8 Å². The van der Waals surface area contributed by atoms with Gasteiger partial charge in [0.05, 0.1) is 110 Å². The number of aromatic nitrogens is 8.